The molecule has 144 valence electrons. The van der Waals surface area contributed by atoms with Gasteiger partial charge in [0, 0.05) is 37.9 Å². The van der Waals surface area contributed by atoms with Crippen molar-refractivity contribution in [3.63, 3.8) is 0 Å². The molecule has 2 aliphatic heterocycles. The van der Waals surface area contributed by atoms with E-state index >= 15 is 0 Å². The van der Waals surface area contributed by atoms with Crippen LogP contribution >= 0.6 is 0 Å². The van der Waals surface area contributed by atoms with Crippen molar-refractivity contribution in [1.82, 2.24) is 15.0 Å². The van der Waals surface area contributed by atoms with Crippen LogP contribution in [0.25, 0.3) is 0 Å². The molecule has 0 bridgehead atoms. The third kappa shape index (κ3) is 3.84. The first-order valence-electron chi connectivity index (χ1n) is 9.52. The highest BCUT2D eigenvalue weighted by atomic mass is 16.5. The lowest BCUT2D eigenvalue weighted by molar-refractivity contribution is 0.355. The van der Waals surface area contributed by atoms with E-state index in [0.29, 0.717) is 17.4 Å². The second-order valence-corrected chi connectivity index (χ2v) is 6.84. The van der Waals surface area contributed by atoms with E-state index in [1.54, 1.807) is 14.2 Å². The molecular formula is C19H26N6O2. The highest BCUT2D eigenvalue weighted by Crippen LogP contribution is 2.31. The van der Waals surface area contributed by atoms with Crippen molar-refractivity contribution in [1.29, 1.82) is 0 Å². The minimum Gasteiger partial charge on any atom is -0.493 e. The summed E-state index contributed by atoms with van der Waals surface area (Å²) in [6, 6.07) is 5.68. The van der Waals surface area contributed by atoms with E-state index in [0.717, 1.165) is 43.8 Å². The number of nitrogens with zero attached hydrogens (tertiary/aromatic N) is 5. The van der Waals surface area contributed by atoms with Crippen LogP contribution in [-0.4, -0.2) is 55.4 Å². The molecule has 2 aliphatic rings. The molecule has 0 aliphatic carbocycles. The summed E-state index contributed by atoms with van der Waals surface area (Å²) in [7, 11) is 3.25. The molecule has 8 heteroatoms. The summed E-state index contributed by atoms with van der Waals surface area (Å²) in [5.41, 5.74) is 0.846. The van der Waals surface area contributed by atoms with Crippen LogP contribution in [-0.2, 0) is 0 Å². The van der Waals surface area contributed by atoms with Crippen LogP contribution in [0, 0.1) is 0 Å². The van der Waals surface area contributed by atoms with Crippen molar-refractivity contribution in [2.75, 3.05) is 55.5 Å². The lowest BCUT2D eigenvalue weighted by Gasteiger charge is -2.21. The summed E-state index contributed by atoms with van der Waals surface area (Å²) in [4.78, 5) is 18.6. The molecule has 4 rings (SSSR count). The monoisotopic (exact) mass is 370 g/mol. The Kier molecular flexibility index (Phi) is 5.13. The average Bonchev–Trinajstić information content (AvgIpc) is 3.41. The Labute approximate surface area is 159 Å². The molecule has 3 heterocycles. The fourth-order valence-corrected chi connectivity index (χ4v) is 3.57. The Balaban J connectivity index is 1.64. The van der Waals surface area contributed by atoms with E-state index in [9.17, 15) is 0 Å². The Morgan fingerprint density at radius 1 is 0.778 bits per heavy atom. The average molecular weight is 370 g/mol. The number of ether oxygens (including phenoxy) is 2. The number of benzene rings is 1. The van der Waals surface area contributed by atoms with Gasteiger partial charge in [0.05, 0.1) is 14.2 Å². The van der Waals surface area contributed by atoms with Crippen LogP contribution < -0.4 is 24.6 Å². The standard InChI is InChI=1S/C19H26N6O2/c1-26-15-8-7-14(13-16(15)27-2)20-17-21-18(24-9-3-4-10-24)23-19(22-17)25-11-5-6-12-25/h7-8,13H,3-6,9-12H2,1-2H3,(H,20,21,22,23). The first-order chi connectivity index (χ1) is 13.3. The topological polar surface area (TPSA) is 75.6 Å². The van der Waals surface area contributed by atoms with Gasteiger partial charge in [0.1, 0.15) is 0 Å². The highest BCUT2D eigenvalue weighted by molar-refractivity contribution is 5.61. The van der Waals surface area contributed by atoms with E-state index in [2.05, 4.69) is 25.1 Å². The van der Waals surface area contributed by atoms with Crippen molar-refractivity contribution >= 4 is 23.5 Å². The molecule has 1 aromatic carbocycles. The fraction of sp³-hybridized carbons (Fsp3) is 0.526. The summed E-state index contributed by atoms with van der Waals surface area (Å²) < 4.78 is 10.7. The Morgan fingerprint density at radius 3 is 1.85 bits per heavy atom. The molecule has 0 atom stereocenters. The zero-order valence-electron chi connectivity index (χ0n) is 15.9. The quantitative estimate of drug-likeness (QED) is 0.832. The zero-order valence-corrected chi connectivity index (χ0v) is 15.9. The van der Waals surface area contributed by atoms with Crippen molar-refractivity contribution < 1.29 is 9.47 Å². The number of aromatic nitrogens is 3. The van der Waals surface area contributed by atoms with Crippen molar-refractivity contribution in [2.45, 2.75) is 25.7 Å². The van der Waals surface area contributed by atoms with Crippen LogP contribution in [0.2, 0.25) is 0 Å². The first kappa shape index (κ1) is 17.6. The summed E-state index contributed by atoms with van der Waals surface area (Å²) in [5.74, 6) is 3.42. The van der Waals surface area contributed by atoms with Gasteiger partial charge in [-0.2, -0.15) is 15.0 Å². The summed E-state index contributed by atoms with van der Waals surface area (Å²) in [6.45, 7) is 4.00. The molecule has 2 fully saturated rings. The van der Waals surface area contributed by atoms with Gasteiger partial charge in [0.2, 0.25) is 17.8 Å². The molecule has 0 radical (unpaired) electrons. The molecule has 0 spiro atoms. The summed E-state index contributed by atoms with van der Waals surface area (Å²) in [6.07, 6.45) is 4.73. The minimum absolute atomic E-state index is 0.556. The molecule has 8 nitrogen and oxygen atoms in total. The van der Waals surface area contributed by atoms with E-state index in [4.69, 9.17) is 14.5 Å². The Hall–Kier alpha value is -2.77. The van der Waals surface area contributed by atoms with Gasteiger partial charge >= 0.3 is 0 Å². The van der Waals surface area contributed by atoms with Gasteiger partial charge in [-0.05, 0) is 37.8 Å². The summed E-state index contributed by atoms with van der Waals surface area (Å²) in [5, 5.41) is 3.31. The number of nitrogens with one attached hydrogen (secondary N) is 1. The van der Waals surface area contributed by atoms with Gasteiger partial charge < -0.3 is 24.6 Å². The van der Waals surface area contributed by atoms with Crippen LogP contribution in [0.4, 0.5) is 23.5 Å². The number of methoxy groups -OCH3 is 2. The number of hydrogen-bond donors (Lipinski definition) is 1. The van der Waals surface area contributed by atoms with Crippen molar-refractivity contribution in [3.05, 3.63) is 18.2 Å². The first-order valence-corrected chi connectivity index (χ1v) is 9.52. The third-order valence-corrected chi connectivity index (χ3v) is 5.03. The highest BCUT2D eigenvalue weighted by Gasteiger charge is 2.21. The molecule has 0 unspecified atom stereocenters. The maximum atomic E-state index is 5.39. The second-order valence-electron chi connectivity index (χ2n) is 6.84. The SMILES string of the molecule is COc1ccc(Nc2nc(N3CCCC3)nc(N3CCCC3)n2)cc1OC. The maximum Gasteiger partial charge on any atom is 0.233 e. The van der Waals surface area contributed by atoms with Gasteiger partial charge in [0.25, 0.3) is 0 Å². The molecule has 27 heavy (non-hydrogen) atoms. The molecular weight excluding hydrogens is 344 g/mol. The van der Waals surface area contributed by atoms with E-state index in [1.165, 1.54) is 25.7 Å². The molecule has 1 N–H and O–H groups in total. The molecule has 0 amide bonds. The van der Waals surface area contributed by atoms with Gasteiger partial charge in [-0.1, -0.05) is 0 Å². The van der Waals surface area contributed by atoms with Gasteiger partial charge in [-0.15, -0.1) is 0 Å². The number of hydrogen-bond acceptors (Lipinski definition) is 8. The Morgan fingerprint density at radius 2 is 1.33 bits per heavy atom. The van der Waals surface area contributed by atoms with Gasteiger partial charge in [-0.25, -0.2) is 0 Å². The maximum absolute atomic E-state index is 5.39. The second kappa shape index (κ2) is 7.85. The fourth-order valence-electron chi connectivity index (χ4n) is 3.57. The lowest BCUT2D eigenvalue weighted by atomic mass is 10.3. The zero-order chi connectivity index (χ0) is 18.6. The van der Waals surface area contributed by atoms with Crippen LogP contribution in [0.15, 0.2) is 18.2 Å². The number of rotatable bonds is 6. The van der Waals surface area contributed by atoms with Gasteiger partial charge in [0.15, 0.2) is 11.5 Å². The van der Waals surface area contributed by atoms with Gasteiger partial charge in [-0.3, -0.25) is 0 Å². The minimum atomic E-state index is 0.556. The third-order valence-electron chi connectivity index (χ3n) is 5.03. The van der Waals surface area contributed by atoms with E-state index < -0.39 is 0 Å². The van der Waals surface area contributed by atoms with Crippen molar-refractivity contribution in [2.24, 2.45) is 0 Å². The molecule has 2 saturated heterocycles. The van der Waals surface area contributed by atoms with Crippen molar-refractivity contribution in [3.8, 4) is 11.5 Å². The van der Waals surface area contributed by atoms with Crippen LogP contribution in [0.1, 0.15) is 25.7 Å². The molecule has 2 aromatic rings. The lowest BCUT2D eigenvalue weighted by Crippen LogP contribution is -2.25. The molecule has 1 aromatic heterocycles. The van der Waals surface area contributed by atoms with E-state index in [-0.39, 0.29) is 0 Å². The smallest absolute Gasteiger partial charge is 0.233 e. The predicted octanol–water partition coefficient (Wildman–Crippen LogP) is 2.83. The largest absolute Gasteiger partial charge is 0.493 e. The molecule has 0 saturated carbocycles. The summed E-state index contributed by atoms with van der Waals surface area (Å²) >= 11 is 0. The van der Waals surface area contributed by atoms with E-state index in [1.807, 2.05) is 18.2 Å². The Bertz CT molecular complexity index is 754. The van der Waals surface area contributed by atoms with Crippen LogP contribution in [0.3, 0.4) is 0 Å². The van der Waals surface area contributed by atoms with Crippen LogP contribution in [0.5, 0.6) is 11.5 Å². The normalized spacial score (nSPS) is 16.7. The predicted molar refractivity (Wildman–Crippen MR) is 106 cm³/mol. The number of anilines is 4.